The van der Waals surface area contributed by atoms with Crippen molar-refractivity contribution in [1.29, 1.82) is 0 Å². The van der Waals surface area contributed by atoms with Gasteiger partial charge in [-0.15, -0.1) is 0 Å². The van der Waals surface area contributed by atoms with Crippen LogP contribution in [0.25, 0.3) is 10.8 Å². The van der Waals surface area contributed by atoms with Crippen LogP contribution in [0, 0.1) is 0 Å². The summed E-state index contributed by atoms with van der Waals surface area (Å²) in [5.74, 6) is -0.196. The molecule has 0 atom stereocenters. The average molecular weight is 491 g/mol. The van der Waals surface area contributed by atoms with Gasteiger partial charge in [0, 0.05) is 20.6 Å². The molecule has 1 heterocycles. The van der Waals surface area contributed by atoms with E-state index in [4.69, 9.17) is 11.6 Å². The van der Waals surface area contributed by atoms with Crippen molar-refractivity contribution in [2.24, 2.45) is 0 Å². The third kappa shape index (κ3) is 5.70. The molecule has 0 bridgehead atoms. The Kier molecular flexibility index (Phi) is 7.67. The molecule has 0 saturated heterocycles. The third-order valence-corrected chi connectivity index (χ3v) is 5.63. The topological polar surface area (TPSA) is 64.0 Å². The molecule has 0 aliphatic heterocycles. The summed E-state index contributed by atoms with van der Waals surface area (Å²) in [6, 6.07) is 5.49. The van der Waals surface area contributed by atoms with Crippen molar-refractivity contribution in [2.45, 2.75) is 52.0 Å². The monoisotopic (exact) mass is 489 g/mol. The van der Waals surface area contributed by atoms with E-state index in [0.29, 0.717) is 16.1 Å². The Labute approximate surface area is 189 Å². The second-order valence-electron chi connectivity index (χ2n) is 7.61. The van der Waals surface area contributed by atoms with Crippen molar-refractivity contribution in [3.63, 3.8) is 0 Å². The van der Waals surface area contributed by atoms with Crippen LogP contribution in [-0.4, -0.2) is 15.7 Å². The minimum atomic E-state index is -0.302. The molecule has 0 saturated carbocycles. The zero-order valence-electron chi connectivity index (χ0n) is 17.1. The number of hydrogen-bond donors (Lipinski definition) is 1. The number of allylic oxidation sites excluding steroid dienone is 5. The van der Waals surface area contributed by atoms with Gasteiger partial charge in [-0.05, 0) is 62.0 Å². The van der Waals surface area contributed by atoms with Crippen molar-refractivity contribution in [2.75, 3.05) is 0 Å². The largest absolute Gasteiger partial charge is 0.325 e. The van der Waals surface area contributed by atoms with Crippen molar-refractivity contribution in [3.8, 4) is 0 Å². The van der Waals surface area contributed by atoms with E-state index >= 15 is 0 Å². The van der Waals surface area contributed by atoms with Gasteiger partial charge in [0.05, 0.1) is 11.1 Å². The highest BCUT2D eigenvalue weighted by atomic mass is 79.9. The molecule has 1 aromatic carbocycles. The van der Waals surface area contributed by atoms with Gasteiger partial charge in [-0.25, -0.2) is 4.68 Å². The first-order valence-electron chi connectivity index (χ1n) is 10.1. The second-order valence-corrected chi connectivity index (χ2v) is 8.96. The number of halogens is 2. The maximum atomic E-state index is 12.9. The molecule has 0 fully saturated rings. The Hall–Kier alpha value is -2.18. The van der Waals surface area contributed by atoms with E-state index in [1.807, 2.05) is 38.1 Å². The van der Waals surface area contributed by atoms with Crippen LogP contribution in [0.1, 0.15) is 51.1 Å². The van der Waals surface area contributed by atoms with Crippen LogP contribution in [0.2, 0.25) is 0 Å². The molecule has 1 aliphatic rings. The predicted octanol–water partition coefficient (Wildman–Crippen LogP) is 5.54. The van der Waals surface area contributed by atoms with Crippen LogP contribution in [-0.2, 0) is 11.3 Å². The third-order valence-electron chi connectivity index (χ3n) is 4.86. The summed E-state index contributed by atoms with van der Waals surface area (Å²) in [5.41, 5.74) is 1.18. The fourth-order valence-electron chi connectivity index (χ4n) is 3.34. The van der Waals surface area contributed by atoms with Gasteiger partial charge in [0.1, 0.15) is 6.54 Å². The van der Waals surface area contributed by atoms with E-state index in [1.54, 1.807) is 18.2 Å². The molecule has 1 aliphatic carbocycles. The number of benzene rings is 1. The molecule has 1 amide bonds. The number of hydrogen-bond acceptors (Lipinski definition) is 3. The molecule has 7 heteroatoms. The van der Waals surface area contributed by atoms with E-state index in [0.717, 1.165) is 41.2 Å². The van der Waals surface area contributed by atoms with E-state index in [1.165, 1.54) is 4.68 Å². The molecule has 0 spiro atoms. The molecule has 1 aromatic heterocycles. The molecule has 3 rings (SSSR count). The van der Waals surface area contributed by atoms with Gasteiger partial charge >= 0.3 is 0 Å². The van der Waals surface area contributed by atoms with Crippen molar-refractivity contribution < 1.29 is 4.79 Å². The van der Waals surface area contributed by atoms with Crippen LogP contribution in [0.15, 0.2) is 62.5 Å². The second kappa shape index (κ2) is 10.2. The van der Waals surface area contributed by atoms with Gasteiger partial charge < -0.3 is 5.32 Å². The number of aromatic nitrogens is 2. The summed E-state index contributed by atoms with van der Waals surface area (Å²) in [6.07, 6.45) is 11.4. The highest BCUT2D eigenvalue weighted by Gasteiger charge is 2.15. The first-order chi connectivity index (χ1) is 14.3. The van der Waals surface area contributed by atoms with Crippen molar-refractivity contribution in [3.05, 3.63) is 73.8 Å². The number of nitrogens with zero attached hydrogens (tertiary/aromatic N) is 2. The summed E-state index contributed by atoms with van der Waals surface area (Å²) in [4.78, 5) is 25.6. The fourth-order valence-corrected chi connectivity index (χ4v) is 3.87. The number of amides is 1. The fraction of sp³-hybridized carbons (Fsp3) is 0.348. The summed E-state index contributed by atoms with van der Waals surface area (Å²) in [7, 11) is 0. The maximum Gasteiger partial charge on any atom is 0.275 e. The first kappa shape index (κ1) is 22.5. The molecular formula is C23H25BrClN3O2. The van der Waals surface area contributed by atoms with Gasteiger partial charge in [-0.2, -0.15) is 5.10 Å². The number of nitrogens with one attached hydrogen (secondary N) is 1. The molecule has 2 aromatic rings. The maximum absolute atomic E-state index is 12.9. The lowest BCUT2D eigenvalue weighted by atomic mass is 10.0. The molecule has 0 unspecified atom stereocenters. The van der Waals surface area contributed by atoms with Gasteiger partial charge in [-0.3, -0.25) is 9.59 Å². The first-order valence-corrected chi connectivity index (χ1v) is 11.3. The number of carbonyl (C=O) groups is 1. The van der Waals surface area contributed by atoms with Crippen LogP contribution in [0.5, 0.6) is 0 Å². The number of carbonyl (C=O) groups excluding carboxylic acids is 1. The van der Waals surface area contributed by atoms with Crippen molar-refractivity contribution in [1.82, 2.24) is 15.1 Å². The predicted molar refractivity (Wildman–Crippen MR) is 126 cm³/mol. The van der Waals surface area contributed by atoms with E-state index in [2.05, 4.69) is 26.3 Å². The Bertz CT molecular complexity index is 1100. The smallest absolute Gasteiger partial charge is 0.275 e. The Morgan fingerprint density at radius 1 is 1.20 bits per heavy atom. The number of fused-ring (bicyclic) bond motifs is 1. The Morgan fingerprint density at radius 3 is 2.67 bits per heavy atom. The molecule has 30 heavy (non-hydrogen) atoms. The highest BCUT2D eigenvalue weighted by molar-refractivity contribution is 9.10. The lowest BCUT2D eigenvalue weighted by molar-refractivity contribution is -0.121. The zero-order chi connectivity index (χ0) is 21.7. The summed E-state index contributed by atoms with van der Waals surface area (Å²) >= 11 is 9.62. The molecular weight excluding hydrogens is 466 g/mol. The summed E-state index contributed by atoms with van der Waals surface area (Å²) in [5, 5.41) is 9.39. The van der Waals surface area contributed by atoms with Gasteiger partial charge in [0.2, 0.25) is 5.91 Å². The SMILES string of the molecule is CC(C)c1nn(CC(=O)NC2=CCCCC/C=C(\Cl)C=C2)c(=O)c2ccc(Br)cc12. The van der Waals surface area contributed by atoms with Crippen LogP contribution in [0.4, 0.5) is 0 Å². The number of rotatable bonds is 4. The Balaban J connectivity index is 1.87. The quantitative estimate of drug-likeness (QED) is 0.612. The molecule has 1 N–H and O–H groups in total. The van der Waals surface area contributed by atoms with E-state index < -0.39 is 0 Å². The van der Waals surface area contributed by atoms with Crippen LogP contribution in [0.3, 0.4) is 0 Å². The minimum Gasteiger partial charge on any atom is -0.325 e. The van der Waals surface area contributed by atoms with Crippen LogP contribution < -0.4 is 10.9 Å². The minimum absolute atomic E-state index is 0.106. The van der Waals surface area contributed by atoms with E-state index in [-0.39, 0.29) is 23.9 Å². The Morgan fingerprint density at radius 2 is 1.93 bits per heavy atom. The summed E-state index contributed by atoms with van der Waals surface area (Å²) < 4.78 is 2.13. The average Bonchev–Trinajstić information content (AvgIpc) is 2.70. The van der Waals surface area contributed by atoms with Crippen LogP contribution >= 0.6 is 27.5 Å². The highest BCUT2D eigenvalue weighted by Crippen LogP contribution is 2.24. The lowest BCUT2D eigenvalue weighted by Gasteiger charge is -2.14. The summed E-state index contributed by atoms with van der Waals surface area (Å²) in [6.45, 7) is 3.88. The molecule has 5 nitrogen and oxygen atoms in total. The van der Waals surface area contributed by atoms with Crippen molar-refractivity contribution >= 4 is 44.2 Å². The van der Waals surface area contributed by atoms with E-state index in [9.17, 15) is 9.59 Å². The zero-order valence-corrected chi connectivity index (χ0v) is 19.5. The standard InChI is InChI=1S/C23H25BrClN3O2/c1-15(2)22-20-13-16(24)9-12-19(20)23(30)28(27-22)14-21(29)26-18-8-6-4-3-5-7-17(25)10-11-18/h7-13,15H,3-6,14H2,1-2H3,(H,26,29)/b11-10?,17-7-,18-8?. The normalized spacial score (nSPS) is 16.8. The van der Waals surface area contributed by atoms with Gasteiger partial charge in [0.25, 0.3) is 5.56 Å². The van der Waals surface area contributed by atoms with Gasteiger partial charge in [0.15, 0.2) is 0 Å². The van der Waals surface area contributed by atoms with Gasteiger partial charge in [-0.1, -0.05) is 53.5 Å². The molecule has 0 radical (unpaired) electrons. The molecule has 158 valence electrons. The lowest BCUT2D eigenvalue weighted by Crippen LogP contribution is -2.34.